The maximum atomic E-state index is 12.5. The molecule has 0 saturated carbocycles. The minimum Gasteiger partial charge on any atom is -0.371 e. The Hall–Kier alpha value is -3.42. The fourth-order valence-corrected chi connectivity index (χ4v) is 3.57. The van der Waals surface area contributed by atoms with Crippen molar-refractivity contribution in [1.29, 1.82) is 0 Å². The number of non-ortho nitro benzene ring substituents is 1. The molecule has 1 unspecified atom stereocenters. The van der Waals surface area contributed by atoms with Crippen LogP contribution in [0.15, 0.2) is 42.5 Å². The van der Waals surface area contributed by atoms with E-state index in [1.807, 2.05) is 24.3 Å². The van der Waals surface area contributed by atoms with Crippen LogP contribution in [0.4, 0.5) is 17.1 Å². The summed E-state index contributed by atoms with van der Waals surface area (Å²) in [6, 6.07) is 11.5. The smallest absolute Gasteiger partial charge is 0.270 e. The predicted octanol–water partition coefficient (Wildman–Crippen LogP) is 3.65. The van der Waals surface area contributed by atoms with Gasteiger partial charge in [0.2, 0.25) is 5.91 Å². The third-order valence-corrected chi connectivity index (χ3v) is 5.15. The minimum atomic E-state index is -0.538. The molecule has 1 fully saturated rings. The minimum absolute atomic E-state index is 0.0909. The lowest BCUT2D eigenvalue weighted by Crippen LogP contribution is -2.35. The second-order valence-corrected chi connectivity index (χ2v) is 7.63. The van der Waals surface area contributed by atoms with Crippen molar-refractivity contribution in [3.05, 3.63) is 63.7 Å². The lowest BCUT2D eigenvalue weighted by molar-refractivity contribution is -0.384. The summed E-state index contributed by atoms with van der Waals surface area (Å²) < 4.78 is 0. The second kappa shape index (κ2) is 9.39. The zero-order valence-corrected chi connectivity index (χ0v) is 17.2. The van der Waals surface area contributed by atoms with Crippen molar-refractivity contribution < 1.29 is 14.5 Å². The number of rotatable bonds is 7. The highest BCUT2D eigenvalue weighted by Crippen LogP contribution is 2.23. The van der Waals surface area contributed by atoms with E-state index < -0.39 is 16.9 Å². The van der Waals surface area contributed by atoms with E-state index in [0.29, 0.717) is 5.56 Å². The highest BCUT2D eigenvalue weighted by atomic mass is 16.6. The van der Waals surface area contributed by atoms with Gasteiger partial charge in [-0.3, -0.25) is 19.7 Å². The topological polar surface area (TPSA) is 105 Å². The van der Waals surface area contributed by atoms with Crippen LogP contribution >= 0.6 is 0 Å². The van der Waals surface area contributed by atoms with Crippen LogP contribution in [0.3, 0.4) is 0 Å². The standard InChI is InChI=1S/C22H26N4O4/c1-15-8-9-19(26(29)30)14-20(15)22(28)23-16(2)12-21(27)24-17-6-5-7-18(13-17)25-10-3-4-11-25/h5-9,13-14,16H,3-4,10-12H2,1-2H3,(H,23,28)(H,24,27). The number of aryl methyl sites for hydroxylation is 1. The van der Waals surface area contributed by atoms with Gasteiger partial charge in [0.1, 0.15) is 0 Å². The van der Waals surface area contributed by atoms with Gasteiger partial charge in [0.05, 0.1) is 4.92 Å². The average Bonchev–Trinajstić information content (AvgIpc) is 3.22. The molecule has 1 heterocycles. The number of nitro benzene ring substituents is 1. The second-order valence-electron chi connectivity index (χ2n) is 7.63. The maximum absolute atomic E-state index is 12.5. The largest absolute Gasteiger partial charge is 0.371 e. The SMILES string of the molecule is Cc1ccc([N+](=O)[O-])cc1C(=O)NC(C)CC(=O)Nc1cccc(N2CCCC2)c1. The Balaban J connectivity index is 1.57. The van der Waals surface area contributed by atoms with Crippen LogP contribution in [-0.2, 0) is 4.79 Å². The van der Waals surface area contributed by atoms with E-state index in [9.17, 15) is 19.7 Å². The van der Waals surface area contributed by atoms with Gasteiger partial charge in [-0.2, -0.15) is 0 Å². The number of nitrogens with zero attached hydrogens (tertiary/aromatic N) is 2. The van der Waals surface area contributed by atoms with Crippen molar-refractivity contribution in [2.45, 2.75) is 39.2 Å². The summed E-state index contributed by atoms with van der Waals surface area (Å²) in [6.07, 6.45) is 2.45. The molecule has 30 heavy (non-hydrogen) atoms. The number of hydrogen-bond acceptors (Lipinski definition) is 5. The average molecular weight is 410 g/mol. The fraction of sp³-hybridized carbons (Fsp3) is 0.364. The number of carbonyl (C=O) groups excluding carboxylic acids is 2. The Morgan fingerprint density at radius 2 is 1.90 bits per heavy atom. The fourth-order valence-electron chi connectivity index (χ4n) is 3.57. The molecule has 2 N–H and O–H groups in total. The summed E-state index contributed by atoms with van der Waals surface area (Å²) in [4.78, 5) is 37.6. The molecule has 0 aromatic heterocycles. The summed E-state index contributed by atoms with van der Waals surface area (Å²) in [7, 11) is 0. The molecule has 8 nitrogen and oxygen atoms in total. The van der Waals surface area contributed by atoms with Crippen molar-refractivity contribution in [2.24, 2.45) is 0 Å². The highest BCUT2D eigenvalue weighted by Gasteiger charge is 2.18. The molecular formula is C22H26N4O4. The van der Waals surface area contributed by atoms with Crippen LogP contribution in [0.1, 0.15) is 42.1 Å². The van der Waals surface area contributed by atoms with Crippen LogP contribution in [0.2, 0.25) is 0 Å². The van der Waals surface area contributed by atoms with Crippen molar-refractivity contribution in [3.63, 3.8) is 0 Å². The first kappa shape index (κ1) is 21.3. The molecule has 1 atom stereocenters. The summed E-state index contributed by atoms with van der Waals surface area (Å²) in [6.45, 7) is 5.49. The van der Waals surface area contributed by atoms with Crippen LogP contribution < -0.4 is 15.5 Å². The monoisotopic (exact) mass is 410 g/mol. The molecule has 2 amide bonds. The van der Waals surface area contributed by atoms with Crippen molar-refractivity contribution >= 4 is 28.9 Å². The number of amides is 2. The van der Waals surface area contributed by atoms with E-state index in [1.165, 1.54) is 31.0 Å². The molecule has 2 aromatic rings. The van der Waals surface area contributed by atoms with Gasteiger partial charge in [-0.1, -0.05) is 12.1 Å². The lowest BCUT2D eigenvalue weighted by atomic mass is 10.1. The number of anilines is 2. The normalized spacial score (nSPS) is 14.3. The van der Waals surface area contributed by atoms with E-state index in [1.54, 1.807) is 13.8 Å². The number of carbonyl (C=O) groups is 2. The Morgan fingerprint density at radius 1 is 1.17 bits per heavy atom. The number of benzene rings is 2. The molecule has 0 bridgehead atoms. The van der Waals surface area contributed by atoms with Gasteiger partial charge in [-0.25, -0.2) is 0 Å². The molecule has 2 aromatic carbocycles. The Morgan fingerprint density at radius 3 is 2.60 bits per heavy atom. The van der Waals surface area contributed by atoms with E-state index in [0.717, 1.165) is 24.5 Å². The molecular weight excluding hydrogens is 384 g/mol. The van der Waals surface area contributed by atoms with Gasteiger partial charge in [0.25, 0.3) is 11.6 Å². The quantitative estimate of drug-likeness (QED) is 0.535. The van der Waals surface area contributed by atoms with E-state index >= 15 is 0 Å². The third kappa shape index (κ3) is 5.34. The summed E-state index contributed by atoms with van der Waals surface area (Å²) in [5.41, 5.74) is 2.53. The summed E-state index contributed by atoms with van der Waals surface area (Å²) in [5.74, 6) is -0.648. The van der Waals surface area contributed by atoms with Gasteiger partial charge in [0.15, 0.2) is 0 Å². The van der Waals surface area contributed by atoms with E-state index in [-0.39, 0.29) is 23.6 Å². The zero-order chi connectivity index (χ0) is 21.7. The first-order chi connectivity index (χ1) is 14.3. The van der Waals surface area contributed by atoms with Gasteiger partial charge < -0.3 is 15.5 Å². The summed E-state index contributed by atoms with van der Waals surface area (Å²) in [5, 5.41) is 16.6. The van der Waals surface area contributed by atoms with Crippen LogP contribution in [-0.4, -0.2) is 35.9 Å². The predicted molar refractivity (Wildman–Crippen MR) is 116 cm³/mol. The van der Waals surface area contributed by atoms with Crippen LogP contribution in [0.25, 0.3) is 0 Å². The Bertz CT molecular complexity index is 954. The van der Waals surface area contributed by atoms with E-state index in [4.69, 9.17) is 0 Å². The van der Waals surface area contributed by atoms with Crippen molar-refractivity contribution in [3.8, 4) is 0 Å². The summed E-state index contributed by atoms with van der Waals surface area (Å²) >= 11 is 0. The molecule has 0 radical (unpaired) electrons. The zero-order valence-electron chi connectivity index (χ0n) is 17.2. The molecule has 8 heteroatoms. The first-order valence-electron chi connectivity index (χ1n) is 10.0. The molecule has 0 aliphatic carbocycles. The molecule has 1 aliphatic rings. The Kier molecular flexibility index (Phi) is 6.66. The molecule has 3 rings (SSSR count). The number of hydrogen-bond donors (Lipinski definition) is 2. The molecule has 1 saturated heterocycles. The Labute approximate surface area is 175 Å². The van der Waals surface area contributed by atoms with Gasteiger partial charge in [0, 0.05) is 54.6 Å². The van der Waals surface area contributed by atoms with Gasteiger partial charge >= 0.3 is 0 Å². The molecule has 0 spiro atoms. The lowest BCUT2D eigenvalue weighted by Gasteiger charge is -2.19. The number of nitro groups is 1. The third-order valence-electron chi connectivity index (χ3n) is 5.15. The maximum Gasteiger partial charge on any atom is 0.270 e. The van der Waals surface area contributed by atoms with Gasteiger partial charge in [-0.15, -0.1) is 0 Å². The molecule has 1 aliphatic heterocycles. The van der Waals surface area contributed by atoms with Crippen molar-refractivity contribution in [1.82, 2.24) is 5.32 Å². The van der Waals surface area contributed by atoms with Crippen molar-refractivity contribution in [2.75, 3.05) is 23.3 Å². The van der Waals surface area contributed by atoms with E-state index in [2.05, 4.69) is 15.5 Å². The highest BCUT2D eigenvalue weighted by molar-refractivity contribution is 5.97. The van der Waals surface area contributed by atoms with Gasteiger partial charge in [-0.05, 0) is 50.5 Å². The first-order valence-corrected chi connectivity index (χ1v) is 10.0. The van der Waals surface area contributed by atoms with Crippen LogP contribution in [0, 0.1) is 17.0 Å². The number of nitrogens with one attached hydrogen (secondary N) is 2. The molecule has 158 valence electrons. The van der Waals surface area contributed by atoms with Crippen LogP contribution in [0.5, 0.6) is 0 Å².